The summed E-state index contributed by atoms with van der Waals surface area (Å²) in [5, 5.41) is 5.19. The van der Waals surface area contributed by atoms with Crippen molar-refractivity contribution in [3.63, 3.8) is 0 Å². The molecule has 2 heterocycles. The molecule has 2 aromatic heterocycles. The number of benzene rings is 2. The Morgan fingerprint density at radius 3 is 2.23 bits per heavy atom. The molecule has 0 aliphatic heterocycles. The third-order valence-electron chi connectivity index (χ3n) is 5.17. The third-order valence-corrected chi connectivity index (χ3v) is 5.17. The zero-order valence-corrected chi connectivity index (χ0v) is 18.5. The molecule has 0 saturated carbocycles. The van der Waals surface area contributed by atoms with Crippen LogP contribution in [0.4, 0.5) is 10.1 Å². The average molecular weight is 475 g/mol. The number of halogens is 1. The molecule has 35 heavy (non-hydrogen) atoms. The molecule has 0 bridgehead atoms. The predicted octanol–water partition coefficient (Wildman–Crippen LogP) is 3.83. The molecule has 0 saturated heterocycles. The Kier molecular flexibility index (Phi) is 7.37. The highest BCUT2D eigenvalue weighted by Crippen LogP contribution is 2.29. The van der Waals surface area contributed by atoms with Gasteiger partial charge in [0.1, 0.15) is 17.6 Å². The van der Waals surface area contributed by atoms with Gasteiger partial charge in [0.05, 0.1) is 25.6 Å². The van der Waals surface area contributed by atoms with Crippen LogP contribution >= 0.6 is 0 Å². The molecule has 4 aromatic rings. The van der Waals surface area contributed by atoms with E-state index >= 15 is 0 Å². The second kappa shape index (κ2) is 11.0. The van der Waals surface area contributed by atoms with Crippen LogP contribution in [0, 0.1) is 5.82 Å². The van der Waals surface area contributed by atoms with E-state index in [2.05, 4.69) is 10.6 Å². The Hall–Kier alpha value is -4.66. The molecular weight excluding hydrogens is 453 g/mol. The van der Waals surface area contributed by atoms with Gasteiger partial charge in [0.15, 0.2) is 5.76 Å². The van der Waals surface area contributed by atoms with Crippen LogP contribution in [0.25, 0.3) is 0 Å². The van der Waals surface area contributed by atoms with Gasteiger partial charge >= 0.3 is 0 Å². The first-order valence-corrected chi connectivity index (χ1v) is 10.8. The number of para-hydroxylation sites is 1. The summed E-state index contributed by atoms with van der Waals surface area (Å²) in [6.07, 6.45) is 2.81. The summed E-state index contributed by atoms with van der Waals surface area (Å²) in [6, 6.07) is 19.1. The minimum absolute atomic E-state index is 0.000918. The van der Waals surface area contributed by atoms with Gasteiger partial charge in [0.25, 0.3) is 5.91 Å². The number of nitrogens with one attached hydrogen (secondary N) is 2. The summed E-state index contributed by atoms with van der Waals surface area (Å²) >= 11 is 0. The topological polar surface area (TPSA) is 105 Å². The lowest BCUT2D eigenvalue weighted by Gasteiger charge is -2.31. The van der Waals surface area contributed by atoms with Crippen LogP contribution in [0.15, 0.2) is 100 Å². The van der Waals surface area contributed by atoms with Crippen LogP contribution in [-0.4, -0.2) is 24.3 Å². The fourth-order valence-electron chi connectivity index (χ4n) is 3.54. The maximum Gasteiger partial charge on any atom is 0.287 e. The summed E-state index contributed by atoms with van der Waals surface area (Å²) in [5.74, 6) is -1.97. The van der Waals surface area contributed by atoms with Gasteiger partial charge in [-0.2, -0.15) is 0 Å². The maximum atomic E-state index is 14.9. The van der Waals surface area contributed by atoms with E-state index in [4.69, 9.17) is 8.83 Å². The van der Waals surface area contributed by atoms with Crippen molar-refractivity contribution in [3.8, 4) is 0 Å². The van der Waals surface area contributed by atoms with Gasteiger partial charge in [-0.05, 0) is 42.5 Å². The standard InChI is InChI=1S/C26H22FN3O5/c27-21-12-5-4-11-20(21)24(26(33)28-16-19-10-6-14-34-19)30(18-8-2-1-3-9-18)23(31)17-29-25(32)22-13-7-15-35-22/h1-15,24H,16-17H2,(H,28,33)(H,29,32)/t24-/m1/s1. The van der Waals surface area contributed by atoms with Gasteiger partial charge in [-0.25, -0.2) is 4.39 Å². The SMILES string of the molecule is O=C(NCC(=O)N(c1ccccc1)[C@@H](C(=O)NCc1ccco1)c1ccccc1F)c1ccco1. The number of rotatable bonds is 9. The van der Waals surface area contributed by atoms with Crippen molar-refractivity contribution in [1.29, 1.82) is 0 Å². The molecule has 9 heteroatoms. The van der Waals surface area contributed by atoms with Gasteiger partial charge in [-0.3, -0.25) is 19.3 Å². The molecular formula is C26H22FN3O5. The minimum Gasteiger partial charge on any atom is -0.467 e. The average Bonchev–Trinajstić information content (AvgIpc) is 3.60. The van der Waals surface area contributed by atoms with E-state index in [0.29, 0.717) is 11.4 Å². The van der Waals surface area contributed by atoms with Crippen molar-refractivity contribution in [2.24, 2.45) is 0 Å². The maximum absolute atomic E-state index is 14.9. The van der Waals surface area contributed by atoms with Crippen molar-refractivity contribution in [2.45, 2.75) is 12.6 Å². The monoisotopic (exact) mass is 475 g/mol. The highest BCUT2D eigenvalue weighted by Gasteiger charge is 2.34. The number of amides is 3. The van der Waals surface area contributed by atoms with Crippen molar-refractivity contribution in [1.82, 2.24) is 10.6 Å². The predicted molar refractivity (Wildman–Crippen MR) is 125 cm³/mol. The van der Waals surface area contributed by atoms with E-state index in [0.717, 1.165) is 4.90 Å². The normalized spacial score (nSPS) is 11.5. The first-order chi connectivity index (χ1) is 17.0. The van der Waals surface area contributed by atoms with E-state index in [9.17, 15) is 18.8 Å². The van der Waals surface area contributed by atoms with Crippen LogP contribution < -0.4 is 15.5 Å². The molecule has 0 radical (unpaired) electrons. The second-order valence-electron chi connectivity index (χ2n) is 7.48. The van der Waals surface area contributed by atoms with Crippen LogP contribution in [0.3, 0.4) is 0 Å². The summed E-state index contributed by atoms with van der Waals surface area (Å²) in [6.45, 7) is -0.409. The fraction of sp³-hybridized carbons (Fsp3) is 0.115. The molecule has 0 unspecified atom stereocenters. The number of anilines is 1. The van der Waals surface area contributed by atoms with Gasteiger partial charge in [0, 0.05) is 11.3 Å². The van der Waals surface area contributed by atoms with E-state index in [1.165, 1.54) is 36.8 Å². The summed E-state index contributed by atoms with van der Waals surface area (Å²) < 4.78 is 25.2. The molecule has 8 nitrogen and oxygen atoms in total. The van der Waals surface area contributed by atoms with Crippen molar-refractivity contribution in [2.75, 3.05) is 11.4 Å². The van der Waals surface area contributed by atoms with Crippen LogP contribution in [-0.2, 0) is 16.1 Å². The van der Waals surface area contributed by atoms with E-state index in [1.807, 2.05) is 0 Å². The molecule has 2 N–H and O–H groups in total. The fourth-order valence-corrected chi connectivity index (χ4v) is 3.54. The Balaban J connectivity index is 1.66. The van der Waals surface area contributed by atoms with E-state index < -0.39 is 36.1 Å². The molecule has 4 rings (SSSR count). The molecule has 0 aliphatic rings. The van der Waals surface area contributed by atoms with Crippen LogP contribution in [0.2, 0.25) is 0 Å². The van der Waals surface area contributed by atoms with Crippen molar-refractivity contribution < 1.29 is 27.6 Å². The molecule has 3 amide bonds. The Bertz CT molecular complexity index is 1270. The zero-order chi connectivity index (χ0) is 24.6. The van der Waals surface area contributed by atoms with Gasteiger partial charge < -0.3 is 19.5 Å². The number of hydrogen-bond donors (Lipinski definition) is 2. The smallest absolute Gasteiger partial charge is 0.287 e. The van der Waals surface area contributed by atoms with Crippen molar-refractivity contribution in [3.05, 3.63) is 114 Å². The number of furan rings is 2. The summed E-state index contributed by atoms with van der Waals surface area (Å²) in [5.41, 5.74) is 0.352. The minimum atomic E-state index is -1.36. The number of hydrogen-bond acceptors (Lipinski definition) is 5. The third kappa shape index (κ3) is 5.64. The lowest BCUT2D eigenvalue weighted by molar-refractivity contribution is -0.126. The summed E-state index contributed by atoms with van der Waals surface area (Å²) in [4.78, 5) is 40.3. The van der Waals surface area contributed by atoms with Crippen molar-refractivity contribution >= 4 is 23.4 Å². The first kappa shape index (κ1) is 23.5. The lowest BCUT2D eigenvalue weighted by Crippen LogP contribution is -2.47. The van der Waals surface area contributed by atoms with E-state index in [1.54, 1.807) is 54.6 Å². The Morgan fingerprint density at radius 2 is 1.54 bits per heavy atom. The Labute approximate surface area is 200 Å². The first-order valence-electron chi connectivity index (χ1n) is 10.8. The molecule has 0 spiro atoms. The summed E-state index contributed by atoms with van der Waals surface area (Å²) in [7, 11) is 0. The number of carbonyl (C=O) groups is 3. The van der Waals surface area contributed by atoms with Crippen LogP contribution in [0.5, 0.6) is 0 Å². The largest absolute Gasteiger partial charge is 0.467 e. The Morgan fingerprint density at radius 1 is 0.829 bits per heavy atom. The van der Waals surface area contributed by atoms with Gasteiger partial charge in [-0.1, -0.05) is 36.4 Å². The molecule has 1 atom stereocenters. The molecule has 2 aromatic carbocycles. The highest BCUT2D eigenvalue weighted by atomic mass is 19.1. The molecule has 178 valence electrons. The van der Waals surface area contributed by atoms with Gasteiger partial charge in [0.2, 0.25) is 11.8 Å². The van der Waals surface area contributed by atoms with Crippen LogP contribution in [0.1, 0.15) is 27.9 Å². The lowest BCUT2D eigenvalue weighted by atomic mass is 10.0. The molecule has 0 aliphatic carbocycles. The quantitative estimate of drug-likeness (QED) is 0.383. The van der Waals surface area contributed by atoms with Gasteiger partial charge in [-0.15, -0.1) is 0 Å². The molecule has 0 fully saturated rings. The number of carbonyl (C=O) groups excluding carboxylic acids is 3. The zero-order valence-electron chi connectivity index (χ0n) is 18.5. The van der Waals surface area contributed by atoms with E-state index in [-0.39, 0.29) is 17.9 Å². The highest BCUT2D eigenvalue weighted by molar-refractivity contribution is 6.04. The number of nitrogens with zero attached hydrogens (tertiary/aromatic N) is 1. The second-order valence-corrected chi connectivity index (χ2v) is 7.48.